The highest BCUT2D eigenvalue weighted by Gasteiger charge is 2.29. The lowest BCUT2D eigenvalue weighted by Crippen LogP contribution is -2.26. The van der Waals surface area contributed by atoms with Crippen LogP contribution in [0.4, 0.5) is 0 Å². The molecule has 1 fully saturated rings. The van der Waals surface area contributed by atoms with Crippen molar-refractivity contribution in [2.24, 2.45) is 10.4 Å². The van der Waals surface area contributed by atoms with Crippen LogP contribution in [0.2, 0.25) is 0 Å². The van der Waals surface area contributed by atoms with Gasteiger partial charge in [-0.2, -0.15) is 0 Å². The first-order chi connectivity index (χ1) is 15.1. The first-order valence-electron chi connectivity index (χ1n) is 12.3. The number of allylic oxidation sites excluding steroid dienone is 1. The molecule has 0 aliphatic heterocycles. The molecule has 1 aliphatic rings. The molecule has 5 heteroatoms. The van der Waals surface area contributed by atoms with Crippen LogP contribution in [0.5, 0.6) is 0 Å². The van der Waals surface area contributed by atoms with Crippen molar-refractivity contribution in [1.29, 1.82) is 0 Å². The molecule has 1 heterocycles. The number of alkyl halides is 1. The molecule has 0 aromatic carbocycles. The van der Waals surface area contributed by atoms with Gasteiger partial charge < -0.3 is 4.90 Å². The predicted molar refractivity (Wildman–Crippen MR) is 150 cm³/mol. The number of aliphatic imine (C=N–C) groups is 1. The topological polar surface area (TPSA) is 32.7 Å². The number of ketones is 1. The smallest absolute Gasteiger partial charge is 0.181 e. The maximum atomic E-state index is 13.3. The van der Waals surface area contributed by atoms with Crippen LogP contribution < -0.4 is 0 Å². The zero-order chi connectivity index (χ0) is 23.9. The van der Waals surface area contributed by atoms with E-state index in [2.05, 4.69) is 79.7 Å². The Labute approximate surface area is 214 Å². The van der Waals surface area contributed by atoms with Gasteiger partial charge in [0.2, 0.25) is 0 Å². The summed E-state index contributed by atoms with van der Waals surface area (Å²) in [4.78, 5) is 23.0. The lowest BCUT2D eigenvalue weighted by atomic mass is 9.73. The van der Waals surface area contributed by atoms with E-state index in [0.29, 0.717) is 33.1 Å². The number of Topliss-reactive ketones (excluding diaryl/α,β-unsaturated/α-hetero) is 1. The number of thiophene rings is 1. The molecule has 1 aromatic rings. The van der Waals surface area contributed by atoms with Gasteiger partial charge >= 0.3 is 0 Å². The third kappa shape index (κ3) is 8.35. The van der Waals surface area contributed by atoms with Crippen molar-refractivity contribution < 1.29 is 4.79 Å². The van der Waals surface area contributed by atoms with E-state index in [-0.39, 0.29) is 5.78 Å². The number of carbonyl (C=O) groups excluding carboxylic acids is 1. The van der Waals surface area contributed by atoms with Crippen LogP contribution in [0, 0.1) is 12.3 Å². The molecule has 1 aliphatic carbocycles. The highest BCUT2D eigenvalue weighted by atomic mass is 127. The normalized spacial score (nSPS) is 18.2. The van der Waals surface area contributed by atoms with E-state index in [1.165, 1.54) is 35.4 Å². The van der Waals surface area contributed by atoms with Gasteiger partial charge in [0.05, 0.1) is 0 Å². The van der Waals surface area contributed by atoms with Crippen LogP contribution in [0.15, 0.2) is 23.3 Å². The van der Waals surface area contributed by atoms with Gasteiger partial charge in [-0.05, 0) is 89.4 Å². The molecule has 0 bridgehead atoms. The average Bonchev–Trinajstić information content (AvgIpc) is 3.12. The van der Waals surface area contributed by atoms with Gasteiger partial charge in [-0.15, -0.1) is 11.3 Å². The first-order valence-corrected chi connectivity index (χ1v) is 14.4. The van der Waals surface area contributed by atoms with Gasteiger partial charge in [0.25, 0.3) is 0 Å². The van der Waals surface area contributed by atoms with E-state index in [9.17, 15) is 4.79 Å². The van der Waals surface area contributed by atoms with E-state index in [0.717, 1.165) is 38.0 Å². The van der Waals surface area contributed by atoms with E-state index in [1.54, 1.807) is 0 Å². The molecule has 1 saturated carbocycles. The van der Waals surface area contributed by atoms with Crippen LogP contribution in [0.1, 0.15) is 101 Å². The fourth-order valence-corrected chi connectivity index (χ4v) is 6.29. The minimum absolute atomic E-state index is 0.162. The molecule has 32 heavy (non-hydrogen) atoms. The van der Waals surface area contributed by atoms with Crippen molar-refractivity contribution in [3.63, 3.8) is 0 Å². The predicted octanol–water partition coefficient (Wildman–Crippen LogP) is 7.95. The lowest BCUT2D eigenvalue weighted by Gasteiger charge is -2.33. The summed E-state index contributed by atoms with van der Waals surface area (Å²) in [6, 6.07) is 2.27. The summed E-state index contributed by atoms with van der Waals surface area (Å²) < 4.78 is 0.507. The number of carbonyl (C=O) groups is 1. The molecular weight excluding hydrogens is 527 g/mol. The second kappa shape index (κ2) is 12.8. The van der Waals surface area contributed by atoms with Gasteiger partial charge in [-0.3, -0.25) is 4.79 Å². The van der Waals surface area contributed by atoms with Crippen LogP contribution in [-0.4, -0.2) is 40.0 Å². The second-order valence-corrected chi connectivity index (χ2v) is 13.2. The molecule has 0 saturated heterocycles. The van der Waals surface area contributed by atoms with Crippen LogP contribution >= 0.6 is 33.9 Å². The quantitative estimate of drug-likeness (QED) is 0.145. The molecule has 3 nitrogen and oxygen atoms in total. The lowest BCUT2D eigenvalue weighted by molar-refractivity contribution is -0.113. The van der Waals surface area contributed by atoms with Gasteiger partial charge in [-0.1, -0.05) is 56.9 Å². The Morgan fingerprint density at radius 2 is 1.91 bits per heavy atom. The molecule has 1 atom stereocenters. The minimum Gasteiger partial charge on any atom is -0.304 e. The van der Waals surface area contributed by atoms with Crippen molar-refractivity contribution >= 4 is 45.4 Å². The number of rotatable bonds is 12. The molecule has 1 unspecified atom stereocenters. The number of hydrogen-bond donors (Lipinski definition) is 0. The van der Waals surface area contributed by atoms with Crippen LogP contribution in [-0.2, 0) is 4.79 Å². The number of nitrogens with zero attached hydrogens (tertiary/aromatic N) is 2. The van der Waals surface area contributed by atoms with Gasteiger partial charge in [-0.25, -0.2) is 4.99 Å². The molecule has 2 rings (SSSR count). The zero-order valence-corrected chi connectivity index (χ0v) is 24.1. The van der Waals surface area contributed by atoms with Crippen molar-refractivity contribution in [2.75, 3.05) is 19.6 Å². The first kappa shape index (κ1) is 27.7. The van der Waals surface area contributed by atoms with Gasteiger partial charge in [0.15, 0.2) is 5.78 Å². The minimum atomic E-state index is 0.162. The summed E-state index contributed by atoms with van der Waals surface area (Å²) >= 11 is 4.38. The monoisotopic (exact) mass is 570 g/mol. The summed E-state index contributed by atoms with van der Waals surface area (Å²) in [6.07, 6.45) is 7.64. The average molecular weight is 571 g/mol. The van der Waals surface area contributed by atoms with E-state index in [1.807, 2.05) is 18.3 Å². The van der Waals surface area contributed by atoms with Crippen molar-refractivity contribution in [1.82, 2.24) is 4.90 Å². The Hall–Kier alpha value is -0.530. The van der Waals surface area contributed by atoms with E-state index < -0.39 is 0 Å². The second-order valence-electron chi connectivity index (χ2n) is 10.1. The number of hydrogen-bond acceptors (Lipinski definition) is 4. The van der Waals surface area contributed by atoms with Gasteiger partial charge in [0.1, 0.15) is 5.71 Å². The highest BCUT2D eigenvalue weighted by molar-refractivity contribution is 14.1. The van der Waals surface area contributed by atoms with Crippen LogP contribution in [0.3, 0.4) is 0 Å². The maximum Gasteiger partial charge on any atom is 0.181 e. The fourth-order valence-electron chi connectivity index (χ4n) is 4.50. The van der Waals surface area contributed by atoms with E-state index >= 15 is 0 Å². The number of aryl methyl sites for hydroxylation is 1. The zero-order valence-electron chi connectivity index (χ0n) is 21.1. The largest absolute Gasteiger partial charge is 0.304 e. The maximum absolute atomic E-state index is 13.3. The molecule has 0 N–H and O–H groups in total. The molecule has 0 spiro atoms. The number of halogens is 1. The molecular formula is C27H43IN2OS. The van der Waals surface area contributed by atoms with Crippen LogP contribution in [0.25, 0.3) is 0 Å². The third-order valence-electron chi connectivity index (χ3n) is 6.84. The molecule has 180 valence electrons. The Bertz CT molecular complexity index is 797. The summed E-state index contributed by atoms with van der Waals surface area (Å²) in [6.45, 7) is 20.5. The summed E-state index contributed by atoms with van der Waals surface area (Å²) in [7, 11) is 0. The van der Waals surface area contributed by atoms with Crippen molar-refractivity contribution in [3.05, 3.63) is 33.7 Å². The molecule has 0 radical (unpaired) electrons. The highest BCUT2D eigenvalue weighted by Crippen LogP contribution is 2.44. The summed E-state index contributed by atoms with van der Waals surface area (Å²) in [5.41, 5.74) is 2.83. The van der Waals surface area contributed by atoms with Crippen molar-refractivity contribution in [2.45, 2.75) is 96.3 Å². The Morgan fingerprint density at radius 3 is 2.47 bits per heavy atom. The van der Waals surface area contributed by atoms with Gasteiger partial charge in [0, 0.05) is 31.4 Å². The Balaban J connectivity index is 2.08. The Kier molecular flexibility index (Phi) is 11.1. The van der Waals surface area contributed by atoms with Crippen molar-refractivity contribution in [3.8, 4) is 0 Å². The fraction of sp³-hybridized carbons (Fsp3) is 0.704. The molecule has 1 aromatic heterocycles. The SMILES string of the molecule is C=C(C)/N=C(/C(=O)CCC(I)CCN(CC)CC)c1cc(C2CCC(C)(C)CC2)sc1C. The third-order valence-corrected chi connectivity index (χ3v) is 9.30. The Morgan fingerprint density at radius 1 is 1.28 bits per heavy atom. The van der Waals surface area contributed by atoms with E-state index in [4.69, 9.17) is 0 Å². The standard InChI is InChI=1S/C27H43IN2OS/c1-8-30(9-2)17-14-22(28)10-11-24(31)26(29-19(3)4)23-18-25(32-20(23)5)21-12-15-27(6,7)16-13-21/h18,21-22H,3,8-17H2,1-2,4-7H3/b29-26+. The summed E-state index contributed by atoms with van der Waals surface area (Å²) in [5.74, 6) is 0.787. The molecule has 0 amide bonds. The summed E-state index contributed by atoms with van der Waals surface area (Å²) in [5, 5.41) is 0.